The van der Waals surface area contributed by atoms with Crippen LogP contribution in [0.4, 0.5) is 0 Å². The van der Waals surface area contributed by atoms with Gasteiger partial charge in [-0.05, 0) is 0 Å². The fourth-order valence-corrected chi connectivity index (χ4v) is 0. The van der Waals surface area contributed by atoms with Crippen LogP contribution < -0.4 is 0 Å². The van der Waals surface area contributed by atoms with Crippen LogP contribution in [0.15, 0.2) is 0 Å². The first kappa shape index (κ1) is 32.4. The minimum Gasteiger partial charge on any atom is -2.00 e. The third-order valence-corrected chi connectivity index (χ3v) is 0. The molecule has 0 aromatic rings. The predicted octanol–water partition coefficient (Wildman–Crippen LogP) is -0.515. The molecule has 0 aromatic heterocycles. The van der Waals surface area contributed by atoms with Gasteiger partial charge in [0.1, 0.15) is 0 Å². The Hall–Kier alpha value is 1.40. The maximum atomic E-state index is 7.00. The first-order chi connectivity index (χ1) is 1.00. The van der Waals surface area contributed by atoms with Crippen molar-refractivity contribution in [3.8, 4) is 0 Å². The van der Waals surface area contributed by atoms with Crippen LogP contribution in [0.1, 0.15) is 0 Å². The molecule has 2 nitrogen and oxygen atoms in total. The van der Waals surface area contributed by atoms with Gasteiger partial charge in [-0.1, -0.05) is 0 Å². The summed E-state index contributed by atoms with van der Waals surface area (Å²) in [4.78, 5) is 0. The molecule has 0 atom stereocenters. The van der Waals surface area contributed by atoms with Crippen molar-refractivity contribution in [3.05, 3.63) is 0 Å². The topological polar surface area (TPSA) is 48.7 Å². The largest absolute Gasteiger partial charge is 2.00 e. The van der Waals surface area contributed by atoms with Crippen LogP contribution in [-0.4, -0.2) is 12.2 Å². The van der Waals surface area contributed by atoms with E-state index in [1.54, 1.807) is 0 Å². The second kappa shape index (κ2) is 53.3. The summed E-state index contributed by atoms with van der Waals surface area (Å²) in [5, 5.41) is 7.00. The molecule has 0 spiro atoms. The molecule has 0 bridgehead atoms. The van der Waals surface area contributed by atoms with Crippen LogP contribution in [0, 0.1) is 0 Å². The molecular weight excluding hydrogens is 260 g/mol. The van der Waals surface area contributed by atoms with Crippen molar-refractivity contribution in [3.63, 3.8) is 0 Å². The van der Waals surface area contributed by atoms with Crippen molar-refractivity contribution in [1.29, 1.82) is 0 Å². The van der Waals surface area contributed by atoms with E-state index >= 15 is 0 Å². The Morgan fingerprint density at radius 2 is 1.00 bits per heavy atom. The molecule has 0 aromatic carbocycles. The van der Waals surface area contributed by atoms with E-state index in [-0.39, 0.29) is 50.2 Å². The van der Waals surface area contributed by atoms with Crippen molar-refractivity contribution in [2.24, 2.45) is 0 Å². The van der Waals surface area contributed by atoms with Crippen molar-refractivity contribution in [2.45, 2.75) is 0 Å². The minimum absolute atomic E-state index is 0. The Morgan fingerprint density at radius 1 is 1.00 bits per heavy atom. The molecule has 1 N–H and O–H groups in total. The molecule has 0 rings (SSSR count). The van der Waals surface area contributed by atoms with Crippen LogP contribution in [0.5, 0.6) is 0 Å². The molecule has 0 radical (unpaired) electrons. The summed E-state index contributed by atoms with van der Waals surface area (Å²) in [5.74, 6) is 0. The van der Waals surface area contributed by atoms with Gasteiger partial charge in [-0.15, -0.1) is 0 Å². The predicted molar refractivity (Wildman–Crippen MR) is 8.83 cm³/mol. The van der Waals surface area contributed by atoms with Gasteiger partial charge in [0.15, 0.2) is 0 Å². The molecule has 0 saturated carbocycles. The van der Waals surface area contributed by atoms with E-state index in [2.05, 4.69) is 0 Å². The molecule has 0 saturated heterocycles. The van der Waals surface area contributed by atoms with E-state index in [0.717, 1.165) is 7.11 Å². The van der Waals surface area contributed by atoms with Crippen molar-refractivity contribution in [2.75, 3.05) is 7.11 Å². The molecule has 0 aliphatic carbocycles. The maximum absolute atomic E-state index is 7.00. The molecule has 0 unspecified atom stereocenters. The molecule has 5 heavy (non-hydrogen) atoms. The quantitative estimate of drug-likeness (QED) is 0.588. The van der Waals surface area contributed by atoms with E-state index in [0.29, 0.717) is 0 Å². The summed E-state index contributed by atoms with van der Waals surface area (Å²) in [6, 6.07) is 0. The minimum atomic E-state index is 0. The van der Waals surface area contributed by atoms with Gasteiger partial charge < -0.3 is 10.6 Å². The third kappa shape index (κ3) is 31.8. The summed E-state index contributed by atoms with van der Waals surface area (Å²) in [5.41, 5.74) is 0. The van der Waals surface area contributed by atoms with Crippen LogP contribution in [-0.2, 0) is 50.2 Å². The van der Waals surface area contributed by atoms with Crippen molar-refractivity contribution >= 4 is 0 Å². The number of hydrogen-bond donors (Lipinski definition) is 1. The molecule has 0 heterocycles. The van der Waals surface area contributed by atoms with Crippen LogP contribution in [0.3, 0.4) is 0 Å². The van der Waals surface area contributed by atoms with E-state index < -0.39 is 0 Å². The van der Waals surface area contributed by atoms with E-state index in [9.17, 15) is 0 Å². The molecular formula is CH4Ag2O2. The smallest absolute Gasteiger partial charge is 1.00 e. The van der Waals surface area contributed by atoms with Crippen LogP contribution in [0.25, 0.3) is 0 Å². The third-order valence-electron chi connectivity index (χ3n) is 0. The number of aliphatic hydroxyl groups excluding tert-OH is 1. The average molecular weight is 264 g/mol. The van der Waals surface area contributed by atoms with Crippen LogP contribution in [0.2, 0.25) is 0 Å². The first-order valence-electron chi connectivity index (χ1n) is 0.447. The fraction of sp³-hybridized carbons (Fsp3) is 1.00. The van der Waals surface area contributed by atoms with Gasteiger partial charge in [0.05, 0.1) is 0 Å². The Balaban J connectivity index is -0.00000000167. The Kier molecular flexibility index (Phi) is 345. The second-order valence-electron chi connectivity index (χ2n) is 0. The first-order valence-corrected chi connectivity index (χ1v) is 0.447. The van der Waals surface area contributed by atoms with Gasteiger partial charge in [0.2, 0.25) is 0 Å². The molecule has 0 fully saturated rings. The molecule has 0 aliphatic heterocycles. The summed E-state index contributed by atoms with van der Waals surface area (Å²) in [7, 11) is 1.00. The van der Waals surface area contributed by atoms with Crippen molar-refractivity contribution < 1.29 is 55.3 Å². The van der Waals surface area contributed by atoms with Gasteiger partial charge in [0, 0.05) is 7.11 Å². The SMILES string of the molecule is CO.[Ag+].[Ag+].[O-2]. The number of rotatable bonds is 0. The molecule has 42 valence electrons. The molecule has 0 amide bonds. The monoisotopic (exact) mass is 262 g/mol. The molecule has 4 heteroatoms. The van der Waals surface area contributed by atoms with Gasteiger partial charge in [-0.25, -0.2) is 0 Å². The fourth-order valence-electron chi connectivity index (χ4n) is 0. The Morgan fingerprint density at radius 3 is 1.00 bits per heavy atom. The van der Waals surface area contributed by atoms with Gasteiger partial charge in [0.25, 0.3) is 0 Å². The summed E-state index contributed by atoms with van der Waals surface area (Å²) in [6.45, 7) is 0. The Bertz CT molecular complexity index is 7.61. The number of aliphatic hydroxyl groups is 1. The van der Waals surface area contributed by atoms with Gasteiger partial charge in [-0.2, -0.15) is 0 Å². The normalized spacial score (nSPS) is 1.20. The summed E-state index contributed by atoms with van der Waals surface area (Å²) >= 11 is 0. The Labute approximate surface area is 62.3 Å². The van der Waals surface area contributed by atoms with Crippen molar-refractivity contribution in [1.82, 2.24) is 0 Å². The van der Waals surface area contributed by atoms with Gasteiger partial charge in [-0.3, -0.25) is 0 Å². The van der Waals surface area contributed by atoms with E-state index in [4.69, 9.17) is 5.11 Å². The van der Waals surface area contributed by atoms with Crippen LogP contribution >= 0.6 is 0 Å². The van der Waals surface area contributed by atoms with E-state index in [1.807, 2.05) is 0 Å². The summed E-state index contributed by atoms with van der Waals surface area (Å²) < 4.78 is 0. The molecule has 0 aliphatic rings. The average Bonchev–Trinajstić information content (AvgIpc) is 1.00. The summed E-state index contributed by atoms with van der Waals surface area (Å²) in [6.07, 6.45) is 0. The van der Waals surface area contributed by atoms with Gasteiger partial charge >= 0.3 is 44.8 Å². The standard InChI is InChI=1S/CH4O.2Ag.O/c1-2;;;/h2H,1H3;;;/q;2*+1;-2. The zero-order chi connectivity index (χ0) is 2.00. The second-order valence-corrected chi connectivity index (χ2v) is 0. The maximum Gasteiger partial charge on any atom is 1.00 e. The van der Waals surface area contributed by atoms with E-state index in [1.165, 1.54) is 0 Å². The zero-order valence-electron chi connectivity index (χ0n) is 2.46. The zero-order valence-corrected chi connectivity index (χ0v) is 5.42. The number of hydrogen-bond acceptors (Lipinski definition) is 1.